The lowest BCUT2D eigenvalue weighted by Gasteiger charge is -2.03. The van der Waals surface area contributed by atoms with E-state index in [1.165, 1.54) is 0 Å². The first-order valence-corrected chi connectivity index (χ1v) is 6.04. The van der Waals surface area contributed by atoms with Crippen LogP contribution in [0.25, 0.3) is 22.3 Å². The van der Waals surface area contributed by atoms with E-state index in [9.17, 15) is 0 Å². The standard InChI is InChI=1S/C13H12N4S/c1-8-5-10(16-13(18)15-8)9-3-4-12-11(6-9)14-7-17(12)2/h3-7H,1-2H3,(H,15,16,18). The normalized spacial score (nSPS) is 11.0. The number of hydrogen-bond donors (Lipinski definition) is 1. The number of benzene rings is 1. The Bertz CT molecular complexity index is 785. The quantitative estimate of drug-likeness (QED) is 0.681. The van der Waals surface area contributed by atoms with Crippen molar-refractivity contribution in [1.82, 2.24) is 19.5 Å². The van der Waals surface area contributed by atoms with Gasteiger partial charge in [-0.2, -0.15) is 0 Å². The molecule has 0 amide bonds. The summed E-state index contributed by atoms with van der Waals surface area (Å²) in [5.74, 6) is 0. The fourth-order valence-corrected chi connectivity index (χ4v) is 2.28. The fourth-order valence-electron chi connectivity index (χ4n) is 2.02. The molecule has 0 unspecified atom stereocenters. The van der Waals surface area contributed by atoms with Crippen LogP contribution in [0.5, 0.6) is 0 Å². The van der Waals surface area contributed by atoms with Crippen LogP contribution in [-0.4, -0.2) is 19.5 Å². The Hall–Kier alpha value is -2.01. The van der Waals surface area contributed by atoms with Gasteiger partial charge >= 0.3 is 0 Å². The third-order valence-corrected chi connectivity index (χ3v) is 3.09. The summed E-state index contributed by atoms with van der Waals surface area (Å²) >= 11 is 5.10. The molecule has 1 aromatic carbocycles. The maximum absolute atomic E-state index is 5.10. The van der Waals surface area contributed by atoms with Gasteiger partial charge in [-0.1, -0.05) is 6.07 Å². The number of aromatic nitrogens is 4. The number of imidazole rings is 1. The molecule has 0 atom stereocenters. The van der Waals surface area contributed by atoms with Gasteiger partial charge in [-0.3, -0.25) is 0 Å². The van der Waals surface area contributed by atoms with E-state index in [0.29, 0.717) is 4.77 Å². The average Bonchev–Trinajstić information content (AvgIpc) is 2.69. The maximum Gasteiger partial charge on any atom is 0.197 e. The lowest BCUT2D eigenvalue weighted by atomic mass is 10.1. The van der Waals surface area contributed by atoms with Crippen molar-refractivity contribution in [2.45, 2.75) is 6.92 Å². The van der Waals surface area contributed by atoms with Gasteiger partial charge in [0, 0.05) is 18.3 Å². The minimum absolute atomic E-state index is 0.506. The summed E-state index contributed by atoms with van der Waals surface area (Å²) in [6.07, 6.45) is 1.81. The van der Waals surface area contributed by atoms with Gasteiger partial charge in [0.1, 0.15) is 0 Å². The van der Waals surface area contributed by atoms with E-state index < -0.39 is 0 Å². The molecule has 2 heterocycles. The van der Waals surface area contributed by atoms with Crippen molar-refractivity contribution in [3.05, 3.63) is 41.1 Å². The molecule has 3 aromatic rings. The second kappa shape index (κ2) is 4.03. The zero-order valence-corrected chi connectivity index (χ0v) is 11.0. The predicted octanol–water partition coefficient (Wildman–Crippen LogP) is 3.00. The zero-order valence-electron chi connectivity index (χ0n) is 10.1. The van der Waals surface area contributed by atoms with Gasteiger partial charge < -0.3 is 9.55 Å². The van der Waals surface area contributed by atoms with Crippen LogP contribution in [0.4, 0.5) is 0 Å². The molecule has 2 aromatic heterocycles. The van der Waals surface area contributed by atoms with Crippen LogP contribution >= 0.6 is 12.2 Å². The summed E-state index contributed by atoms with van der Waals surface area (Å²) < 4.78 is 2.50. The minimum Gasteiger partial charge on any atom is -0.335 e. The molecule has 0 spiro atoms. The van der Waals surface area contributed by atoms with Crippen LogP contribution < -0.4 is 0 Å². The molecule has 0 aliphatic rings. The Kier molecular flexibility index (Phi) is 2.48. The number of aromatic amines is 1. The molecule has 18 heavy (non-hydrogen) atoms. The first-order chi connectivity index (χ1) is 8.63. The van der Waals surface area contributed by atoms with Crippen LogP contribution in [-0.2, 0) is 7.05 Å². The lowest BCUT2D eigenvalue weighted by molar-refractivity contribution is 0.948. The van der Waals surface area contributed by atoms with Gasteiger partial charge in [0.25, 0.3) is 0 Å². The summed E-state index contributed by atoms with van der Waals surface area (Å²) in [5.41, 5.74) is 4.99. The molecule has 0 saturated carbocycles. The highest BCUT2D eigenvalue weighted by Gasteiger charge is 2.04. The van der Waals surface area contributed by atoms with E-state index in [1.807, 2.05) is 43.1 Å². The molecule has 3 rings (SSSR count). The van der Waals surface area contributed by atoms with E-state index in [1.54, 1.807) is 0 Å². The Balaban J connectivity index is 2.22. The lowest BCUT2D eigenvalue weighted by Crippen LogP contribution is -1.90. The first kappa shape index (κ1) is 11.1. The fraction of sp³-hybridized carbons (Fsp3) is 0.154. The SMILES string of the molecule is Cc1cc(-c2ccc3c(c2)ncn3C)nc(=S)[nH]1. The summed E-state index contributed by atoms with van der Waals surface area (Å²) in [6, 6.07) is 8.11. The summed E-state index contributed by atoms with van der Waals surface area (Å²) in [6.45, 7) is 1.97. The van der Waals surface area contributed by atoms with E-state index in [-0.39, 0.29) is 0 Å². The van der Waals surface area contributed by atoms with Crippen LogP contribution in [0.15, 0.2) is 30.6 Å². The Morgan fingerprint density at radius 2 is 2.11 bits per heavy atom. The van der Waals surface area contributed by atoms with Crippen molar-refractivity contribution < 1.29 is 0 Å². The smallest absolute Gasteiger partial charge is 0.197 e. The number of hydrogen-bond acceptors (Lipinski definition) is 3. The van der Waals surface area contributed by atoms with Gasteiger partial charge in [-0.05, 0) is 37.3 Å². The van der Waals surface area contributed by atoms with Crippen LogP contribution in [0, 0.1) is 11.7 Å². The van der Waals surface area contributed by atoms with Crippen molar-refractivity contribution in [2.75, 3.05) is 0 Å². The number of nitrogens with zero attached hydrogens (tertiary/aromatic N) is 3. The van der Waals surface area contributed by atoms with Crippen molar-refractivity contribution in [3.8, 4) is 11.3 Å². The number of H-pyrrole nitrogens is 1. The average molecular weight is 256 g/mol. The molecule has 5 heteroatoms. The molecule has 0 aliphatic carbocycles. The van der Waals surface area contributed by atoms with Gasteiger partial charge in [-0.25, -0.2) is 9.97 Å². The largest absolute Gasteiger partial charge is 0.335 e. The molecular weight excluding hydrogens is 244 g/mol. The summed E-state index contributed by atoms with van der Waals surface area (Å²) in [7, 11) is 1.98. The summed E-state index contributed by atoms with van der Waals surface area (Å²) in [4.78, 5) is 11.7. The maximum atomic E-state index is 5.10. The van der Waals surface area contributed by atoms with E-state index >= 15 is 0 Å². The first-order valence-electron chi connectivity index (χ1n) is 5.63. The monoisotopic (exact) mass is 256 g/mol. The van der Waals surface area contributed by atoms with Crippen molar-refractivity contribution in [2.24, 2.45) is 7.05 Å². The van der Waals surface area contributed by atoms with Gasteiger partial charge in [0.15, 0.2) is 4.77 Å². The molecule has 1 N–H and O–H groups in total. The molecule has 0 saturated heterocycles. The van der Waals surface area contributed by atoms with Gasteiger partial charge in [0.2, 0.25) is 0 Å². The van der Waals surface area contributed by atoms with Crippen LogP contribution in [0.2, 0.25) is 0 Å². The Labute approximate surface area is 109 Å². The highest BCUT2D eigenvalue weighted by atomic mass is 32.1. The molecule has 0 bridgehead atoms. The molecular formula is C13H12N4S. The number of nitrogens with one attached hydrogen (secondary N) is 1. The zero-order chi connectivity index (χ0) is 12.7. The van der Waals surface area contributed by atoms with Crippen molar-refractivity contribution in [1.29, 1.82) is 0 Å². The second-order valence-corrected chi connectivity index (χ2v) is 4.70. The highest BCUT2D eigenvalue weighted by molar-refractivity contribution is 7.71. The minimum atomic E-state index is 0.506. The van der Waals surface area contributed by atoms with E-state index in [4.69, 9.17) is 12.2 Å². The van der Waals surface area contributed by atoms with Crippen LogP contribution in [0.1, 0.15) is 5.69 Å². The molecule has 90 valence electrons. The van der Waals surface area contributed by atoms with Crippen molar-refractivity contribution in [3.63, 3.8) is 0 Å². The molecule has 0 fully saturated rings. The topological polar surface area (TPSA) is 46.5 Å². The summed E-state index contributed by atoms with van der Waals surface area (Å²) in [5, 5.41) is 0. The molecule has 0 aliphatic heterocycles. The number of fused-ring (bicyclic) bond motifs is 1. The number of rotatable bonds is 1. The highest BCUT2D eigenvalue weighted by Crippen LogP contribution is 2.22. The number of aryl methyl sites for hydroxylation is 2. The van der Waals surface area contributed by atoms with Gasteiger partial charge in [0.05, 0.1) is 23.1 Å². The van der Waals surface area contributed by atoms with E-state index in [0.717, 1.165) is 28.0 Å². The van der Waals surface area contributed by atoms with E-state index in [2.05, 4.69) is 21.0 Å². The predicted molar refractivity (Wildman–Crippen MR) is 73.9 cm³/mol. The van der Waals surface area contributed by atoms with Gasteiger partial charge in [-0.15, -0.1) is 0 Å². The second-order valence-electron chi connectivity index (χ2n) is 4.31. The molecule has 4 nitrogen and oxygen atoms in total. The van der Waals surface area contributed by atoms with Crippen molar-refractivity contribution >= 4 is 23.3 Å². The molecule has 0 radical (unpaired) electrons. The Morgan fingerprint density at radius 3 is 2.89 bits per heavy atom. The third-order valence-electron chi connectivity index (χ3n) is 2.90. The van der Waals surface area contributed by atoms with Crippen LogP contribution in [0.3, 0.4) is 0 Å². The Morgan fingerprint density at radius 1 is 1.28 bits per heavy atom. The third kappa shape index (κ3) is 1.82.